The lowest BCUT2D eigenvalue weighted by atomic mass is 10.1. The normalized spacial score (nSPS) is 17.6. The van der Waals surface area contributed by atoms with Crippen LogP contribution in [0.15, 0.2) is 0 Å². The third-order valence-corrected chi connectivity index (χ3v) is 6.27. The Kier molecular flexibility index (Phi) is 4.16. The molecule has 0 aromatic carbocycles. The Morgan fingerprint density at radius 2 is 2.04 bits per heavy atom. The number of hydrogen-bond donors (Lipinski definition) is 0. The van der Waals surface area contributed by atoms with Gasteiger partial charge >= 0.3 is 0 Å². The smallest absolute Gasteiger partial charge is 0.229 e. The molecule has 2 aromatic rings. The highest BCUT2D eigenvalue weighted by molar-refractivity contribution is 7.19. The standard InChI is InChI=1S/C18H25N5OS/c1-21(2)15(24)9-14-19-17(23(4)11-5-6-11)16-12-7-8-22(3)10-13(12)25-18(16)20-14/h11H,5-10H2,1-4H3. The summed E-state index contributed by atoms with van der Waals surface area (Å²) in [6.07, 6.45) is 3.76. The van der Waals surface area contributed by atoms with Crippen molar-refractivity contribution in [3.63, 3.8) is 0 Å². The van der Waals surface area contributed by atoms with Crippen molar-refractivity contribution in [2.45, 2.75) is 38.3 Å². The minimum absolute atomic E-state index is 0.0421. The average Bonchev–Trinajstić information content (AvgIpc) is 3.34. The number of hydrogen-bond acceptors (Lipinski definition) is 6. The summed E-state index contributed by atoms with van der Waals surface area (Å²) in [5.74, 6) is 1.71. The fourth-order valence-corrected chi connectivity index (χ4v) is 4.72. The highest BCUT2D eigenvalue weighted by Gasteiger charge is 2.31. The molecule has 1 amide bonds. The van der Waals surface area contributed by atoms with Gasteiger partial charge in [0.05, 0.1) is 11.8 Å². The second-order valence-corrected chi connectivity index (χ2v) is 8.53. The Morgan fingerprint density at radius 3 is 2.72 bits per heavy atom. The van der Waals surface area contributed by atoms with Crippen LogP contribution in [0.2, 0.25) is 0 Å². The van der Waals surface area contributed by atoms with Crippen LogP contribution in [0.1, 0.15) is 29.1 Å². The summed E-state index contributed by atoms with van der Waals surface area (Å²) in [6, 6.07) is 0.581. The second-order valence-electron chi connectivity index (χ2n) is 7.44. The van der Waals surface area contributed by atoms with E-state index in [2.05, 4.69) is 23.9 Å². The molecule has 0 unspecified atom stereocenters. The molecule has 1 aliphatic carbocycles. The molecule has 25 heavy (non-hydrogen) atoms. The Labute approximate surface area is 152 Å². The van der Waals surface area contributed by atoms with Crippen LogP contribution in [0.4, 0.5) is 5.82 Å². The van der Waals surface area contributed by atoms with Crippen LogP contribution in [0.25, 0.3) is 10.2 Å². The van der Waals surface area contributed by atoms with Gasteiger partial charge in [0.1, 0.15) is 16.5 Å². The summed E-state index contributed by atoms with van der Waals surface area (Å²) in [5.41, 5.74) is 1.42. The van der Waals surface area contributed by atoms with E-state index in [0.29, 0.717) is 11.9 Å². The van der Waals surface area contributed by atoms with E-state index in [1.807, 2.05) is 0 Å². The third kappa shape index (κ3) is 3.11. The van der Waals surface area contributed by atoms with Crippen LogP contribution < -0.4 is 4.90 Å². The van der Waals surface area contributed by atoms with Gasteiger partial charge in [-0.3, -0.25) is 4.79 Å². The third-order valence-electron chi connectivity index (χ3n) is 5.16. The molecule has 0 bridgehead atoms. The zero-order valence-electron chi connectivity index (χ0n) is 15.4. The highest BCUT2D eigenvalue weighted by atomic mass is 32.1. The van der Waals surface area contributed by atoms with Gasteiger partial charge in [0.2, 0.25) is 5.91 Å². The van der Waals surface area contributed by atoms with Crippen LogP contribution in [-0.4, -0.2) is 66.5 Å². The van der Waals surface area contributed by atoms with Crippen molar-refractivity contribution in [1.29, 1.82) is 0 Å². The summed E-state index contributed by atoms with van der Waals surface area (Å²) < 4.78 is 0. The van der Waals surface area contributed by atoms with Gasteiger partial charge in [-0.05, 0) is 31.9 Å². The maximum absolute atomic E-state index is 12.1. The van der Waals surface area contributed by atoms with E-state index in [4.69, 9.17) is 9.97 Å². The minimum Gasteiger partial charge on any atom is -0.356 e. The van der Waals surface area contributed by atoms with Crippen LogP contribution >= 0.6 is 11.3 Å². The van der Waals surface area contributed by atoms with Crippen molar-refractivity contribution in [2.75, 3.05) is 39.6 Å². The quantitative estimate of drug-likeness (QED) is 0.835. The molecule has 0 spiro atoms. The number of fused-ring (bicyclic) bond motifs is 3. The number of aromatic nitrogens is 2. The van der Waals surface area contributed by atoms with Gasteiger partial charge in [-0.1, -0.05) is 0 Å². The van der Waals surface area contributed by atoms with Gasteiger partial charge in [-0.2, -0.15) is 0 Å². The number of anilines is 1. The van der Waals surface area contributed by atoms with E-state index in [1.54, 1.807) is 30.3 Å². The maximum Gasteiger partial charge on any atom is 0.229 e. The lowest BCUT2D eigenvalue weighted by molar-refractivity contribution is -0.128. The van der Waals surface area contributed by atoms with Crippen molar-refractivity contribution in [1.82, 2.24) is 19.8 Å². The average molecular weight is 359 g/mol. The molecule has 0 N–H and O–H groups in total. The first-order valence-corrected chi connectivity index (χ1v) is 9.68. The summed E-state index contributed by atoms with van der Waals surface area (Å²) >= 11 is 1.77. The summed E-state index contributed by atoms with van der Waals surface area (Å²) in [5, 5.41) is 1.23. The van der Waals surface area contributed by atoms with Crippen LogP contribution in [-0.2, 0) is 24.2 Å². The summed E-state index contributed by atoms with van der Waals surface area (Å²) in [4.78, 5) is 30.5. The molecular weight excluding hydrogens is 334 g/mol. The zero-order valence-corrected chi connectivity index (χ0v) is 16.2. The largest absolute Gasteiger partial charge is 0.356 e. The van der Waals surface area contributed by atoms with E-state index in [9.17, 15) is 4.79 Å². The SMILES string of the molecule is CN1CCc2c(sc3nc(CC(=O)N(C)C)nc(N(C)C4CC4)c23)C1. The number of nitrogens with zero attached hydrogens (tertiary/aromatic N) is 5. The fourth-order valence-electron chi connectivity index (χ4n) is 3.41. The monoisotopic (exact) mass is 359 g/mol. The van der Waals surface area contributed by atoms with Gasteiger partial charge in [0.15, 0.2) is 0 Å². The first-order chi connectivity index (χ1) is 11.9. The molecule has 1 fully saturated rings. The molecule has 2 aromatic heterocycles. The van der Waals surface area contributed by atoms with Crippen molar-refractivity contribution in [2.24, 2.45) is 0 Å². The number of carbonyl (C=O) groups is 1. The molecule has 4 rings (SSSR count). The summed E-state index contributed by atoms with van der Waals surface area (Å²) in [7, 11) is 7.85. The van der Waals surface area contributed by atoms with E-state index in [0.717, 1.165) is 30.2 Å². The molecule has 1 aliphatic heterocycles. The Morgan fingerprint density at radius 1 is 1.28 bits per heavy atom. The van der Waals surface area contributed by atoms with E-state index in [1.165, 1.54) is 28.7 Å². The topological polar surface area (TPSA) is 52.6 Å². The van der Waals surface area contributed by atoms with Crippen LogP contribution in [0.3, 0.4) is 0 Å². The molecule has 134 valence electrons. The Hall–Kier alpha value is -1.73. The first kappa shape index (κ1) is 16.7. The number of thiophene rings is 1. The highest BCUT2D eigenvalue weighted by Crippen LogP contribution is 2.41. The van der Waals surface area contributed by atoms with Crippen LogP contribution in [0, 0.1) is 0 Å². The maximum atomic E-state index is 12.1. The fraction of sp³-hybridized carbons (Fsp3) is 0.611. The van der Waals surface area contributed by atoms with Gasteiger partial charge in [-0.15, -0.1) is 11.3 Å². The molecular formula is C18H25N5OS. The number of amides is 1. The number of carbonyl (C=O) groups excluding carboxylic acids is 1. The molecule has 0 atom stereocenters. The Bertz CT molecular complexity index is 826. The predicted octanol–water partition coefficient (Wildman–Crippen LogP) is 1.91. The minimum atomic E-state index is 0.0421. The predicted molar refractivity (Wildman–Crippen MR) is 101 cm³/mol. The molecule has 0 radical (unpaired) electrons. The van der Waals surface area contributed by atoms with Gasteiger partial charge in [0, 0.05) is 45.2 Å². The van der Waals surface area contributed by atoms with Crippen molar-refractivity contribution in [3.05, 3.63) is 16.3 Å². The van der Waals surface area contributed by atoms with E-state index < -0.39 is 0 Å². The van der Waals surface area contributed by atoms with Crippen molar-refractivity contribution >= 4 is 33.3 Å². The van der Waals surface area contributed by atoms with Gasteiger partial charge in [-0.25, -0.2) is 9.97 Å². The lowest BCUT2D eigenvalue weighted by Crippen LogP contribution is -2.27. The van der Waals surface area contributed by atoms with E-state index >= 15 is 0 Å². The molecule has 1 saturated carbocycles. The van der Waals surface area contributed by atoms with Crippen molar-refractivity contribution in [3.8, 4) is 0 Å². The van der Waals surface area contributed by atoms with Crippen molar-refractivity contribution < 1.29 is 4.79 Å². The lowest BCUT2D eigenvalue weighted by Gasteiger charge is -2.24. The van der Waals surface area contributed by atoms with Crippen LogP contribution in [0.5, 0.6) is 0 Å². The molecule has 3 heterocycles. The van der Waals surface area contributed by atoms with Gasteiger partial charge in [0.25, 0.3) is 0 Å². The molecule has 2 aliphatic rings. The molecule has 6 nitrogen and oxygen atoms in total. The molecule has 7 heteroatoms. The Balaban J connectivity index is 1.83. The second kappa shape index (κ2) is 6.21. The number of likely N-dealkylation sites (N-methyl/N-ethyl adjacent to an activating group) is 2. The summed E-state index contributed by atoms with van der Waals surface area (Å²) in [6.45, 7) is 2.06. The van der Waals surface area contributed by atoms with E-state index in [-0.39, 0.29) is 12.3 Å². The zero-order chi connectivity index (χ0) is 17.7. The molecule has 0 saturated heterocycles. The van der Waals surface area contributed by atoms with Gasteiger partial charge < -0.3 is 14.7 Å². The first-order valence-electron chi connectivity index (χ1n) is 8.86. The number of rotatable bonds is 4.